The van der Waals surface area contributed by atoms with Gasteiger partial charge in [-0.1, -0.05) is 47.7 Å². The lowest BCUT2D eigenvalue weighted by Crippen LogP contribution is -2.35. The number of rotatable bonds is 3. The number of thiazole rings is 1. The van der Waals surface area contributed by atoms with Crippen LogP contribution in [0.2, 0.25) is 0 Å². The van der Waals surface area contributed by atoms with Gasteiger partial charge in [-0.2, -0.15) is 0 Å². The molecule has 0 unspecified atom stereocenters. The van der Waals surface area contributed by atoms with Gasteiger partial charge < -0.3 is 9.80 Å². The van der Waals surface area contributed by atoms with Gasteiger partial charge in [0, 0.05) is 37.9 Å². The molecular weight excluding hydrogens is 361 g/mol. The number of halogens is 1. The summed E-state index contributed by atoms with van der Waals surface area (Å²) >= 11 is 1.67. The number of anilines is 1. The second-order valence-electron chi connectivity index (χ2n) is 6.52. The fourth-order valence-corrected chi connectivity index (χ4v) is 4.24. The number of hydrogen-bond acceptors (Lipinski definition) is 4. The van der Waals surface area contributed by atoms with Crippen LogP contribution in [0.3, 0.4) is 0 Å². The van der Waals surface area contributed by atoms with Crippen molar-refractivity contribution in [3.63, 3.8) is 0 Å². The number of benzene rings is 2. The summed E-state index contributed by atoms with van der Waals surface area (Å²) in [4.78, 5) is 22.4. The average molecular weight is 381 g/mol. The molecule has 3 aromatic rings. The zero-order valence-corrected chi connectivity index (χ0v) is 15.7. The van der Waals surface area contributed by atoms with Gasteiger partial charge in [0.15, 0.2) is 5.13 Å². The Kier molecular flexibility index (Phi) is 5.16. The number of nitrogens with zero attached hydrogens (tertiary/aromatic N) is 3. The van der Waals surface area contributed by atoms with E-state index in [1.165, 1.54) is 17.7 Å². The maximum atomic E-state index is 13.4. The fraction of sp³-hybridized carbons (Fsp3) is 0.238. The molecule has 0 saturated carbocycles. The van der Waals surface area contributed by atoms with Gasteiger partial charge in [0.2, 0.25) is 0 Å². The van der Waals surface area contributed by atoms with Crippen molar-refractivity contribution in [3.8, 4) is 10.4 Å². The molecule has 0 spiro atoms. The van der Waals surface area contributed by atoms with Gasteiger partial charge in [-0.3, -0.25) is 4.79 Å². The molecule has 138 valence electrons. The van der Waals surface area contributed by atoms with E-state index in [9.17, 15) is 9.18 Å². The molecule has 6 heteroatoms. The molecule has 1 aromatic heterocycles. The molecule has 1 fully saturated rings. The minimum absolute atomic E-state index is 0.111. The Hall–Kier alpha value is -2.73. The minimum Gasteiger partial charge on any atom is -0.346 e. The summed E-state index contributed by atoms with van der Waals surface area (Å²) in [6, 6.07) is 16.1. The third-order valence-electron chi connectivity index (χ3n) is 4.68. The van der Waals surface area contributed by atoms with Crippen molar-refractivity contribution in [2.24, 2.45) is 0 Å². The molecule has 1 aliphatic rings. The van der Waals surface area contributed by atoms with E-state index < -0.39 is 0 Å². The zero-order valence-electron chi connectivity index (χ0n) is 14.8. The summed E-state index contributed by atoms with van der Waals surface area (Å²) in [6.45, 7) is 2.86. The molecule has 1 aliphatic heterocycles. The Balaban J connectivity index is 1.44. The van der Waals surface area contributed by atoms with Crippen molar-refractivity contribution in [1.29, 1.82) is 0 Å². The Labute approximate surface area is 161 Å². The lowest BCUT2D eigenvalue weighted by molar-refractivity contribution is 0.0766. The molecule has 1 saturated heterocycles. The molecule has 0 bridgehead atoms. The number of aromatic nitrogens is 1. The van der Waals surface area contributed by atoms with E-state index in [0.29, 0.717) is 18.7 Å². The van der Waals surface area contributed by atoms with Crippen molar-refractivity contribution in [2.75, 3.05) is 31.1 Å². The monoisotopic (exact) mass is 381 g/mol. The molecule has 0 aliphatic carbocycles. The highest BCUT2D eigenvalue weighted by Gasteiger charge is 2.22. The standard InChI is InChI=1S/C21H20FN3OS/c22-18-9-4-8-17(14-18)20(26)24-10-5-11-25(13-12-24)21-23-15-19(27-21)16-6-2-1-3-7-16/h1-4,6-9,14-15H,5,10-13H2. The topological polar surface area (TPSA) is 36.4 Å². The van der Waals surface area contributed by atoms with Crippen molar-refractivity contribution in [3.05, 3.63) is 72.2 Å². The quantitative estimate of drug-likeness (QED) is 0.679. The first-order valence-electron chi connectivity index (χ1n) is 9.02. The largest absolute Gasteiger partial charge is 0.346 e. The summed E-state index contributed by atoms with van der Waals surface area (Å²) in [6.07, 6.45) is 2.77. The smallest absolute Gasteiger partial charge is 0.254 e. The SMILES string of the molecule is O=C(c1cccc(F)c1)N1CCCN(c2ncc(-c3ccccc3)s2)CC1. The maximum Gasteiger partial charge on any atom is 0.254 e. The number of carbonyl (C=O) groups excluding carboxylic acids is 1. The predicted octanol–water partition coefficient (Wildman–Crippen LogP) is 4.30. The van der Waals surface area contributed by atoms with E-state index >= 15 is 0 Å². The van der Waals surface area contributed by atoms with Gasteiger partial charge in [0.25, 0.3) is 5.91 Å². The van der Waals surface area contributed by atoms with Crippen LogP contribution >= 0.6 is 11.3 Å². The second kappa shape index (κ2) is 7.88. The first kappa shape index (κ1) is 17.7. The molecule has 2 heterocycles. The fourth-order valence-electron chi connectivity index (χ4n) is 3.26. The van der Waals surface area contributed by atoms with Crippen LogP contribution in [-0.2, 0) is 0 Å². The van der Waals surface area contributed by atoms with Crippen molar-refractivity contribution in [1.82, 2.24) is 9.88 Å². The van der Waals surface area contributed by atoms with Crippen LogP contribution < -0.4 is 4.90 Å². The van der Waals surface area contributed by atoms with E-state index in [1.807, 2.05) is 24.4 Å². The number of amides is 1. The van der Waals surface area contributed by atoms with E-state index in [1.54, 1.807) is 28.4 Å². The van der Waals surface area contributed by atoms with E-state index in [2.05, 4.69) is 22.0 Å². The lowest BCUT2D eigenvalue weighted by Gasteiger charge is -2.21. The summed E-state index contributed by atoms with van der Waals surface area (Å²) in [5.41, 5.74) is 1.57. The van der Waals surface area contributed by atoms with Crippen LogP contribution in [0.1, 0.15) is 16.8 Å². The highest BCUT2D eigenvalue weighted by Crippen LogP contribution is 2.31. The Morgan fingerprint density at radius 2 is 1.85 bits per heavy atom. The first-order valence-corrected chi connectivity index (χ1v) is 9.83. The maximum absolute atomic E-state index is 13.4. The van der Waals surface area contributed by atoms with Crippen molar-refractivity contribution < 1.29 is 9.18 Å². The normalized spacial score (nSPS) is 14.9. The Bertz CT molecular complexity index is 928. The molecule has 4 nitrogen and oxygen atoms in total. The molecular formula is C21H20FN3OS. The summed E-state index contributed by atoms with van der Waals surface area (Å²) in [7, 11) is 0. The lowest BCUT2D eigenvalue weighted by atomic mass is 10.2. The van der Waals surface area contributed by atoms with Crippen LogP contribution in [0.15, 0.2) is 60.8 Å². The number of hydrogen-bond donors (Lipinski definition) is 0. The minimum atomic E-state index is -0.381. The Morgan fingerprint density at radius 1 is 1.00 bits per heavy atom. The zero-order chi connectivity index (χ0) is 18.6. The summed E-state index contributed by atoms with van der Waals surface area (Å²) in [5, 5.41) is 0.980. The average Bonchev–Trinajstić information content (AvgIpc) is 3.06. The molecule has 2 aromatic carbocycles. The number of carbonyl (C=O) groups is 1. The van der Waals surface area contributed by atoms with Crippen LogP contribution in [-0.4, -0.2) is 42.0 Å². The third-order valence-corrected chi connectivity index (χ3v) is 5.78. The van der Waals surface area contributed by atoms with E-state index in [4.69, 9.17) is 0 Å². The highest BCUT2D eigenvalue weighted by molar-refractivity contribution is 7.18. The highest BCUT2D eigenvalue weighted by atomic mass is 32.1. The molecule has 0 radical (unpaired) electrons. The van der Waals surface area contributed by atoms with E-state index in [-0.39, 0.29) is 11.7 Å². The van der Waals surface area contributed by atoms with Gasteiger partial charge in [0.05, 0.1) is 4.88 Å². The molecule has 4 rings (SSSR count). The Morgan fingerprint density at radius 3 is 2.67 bits per heavy atom. The summed E-state index contributed by atoms with van der Waals surface area (Å²) in [5.74, 6) is -0.492. The molecule has 0 N–H and O–H groups in total. The van der Waals surface area contributed by atoms with Crippen molar-refractivity contribution >= 4 is 22.4 Å². The van der Waals surface area contributed by atoms with Gasteiger partial charge in [0.1, 0.15) is 5.82 Å². The van der Waals surface area contributed by atoms with Crippen molar-refractivity contribution in [2.45, 2.75) is 6.42 Å². The molecule has 27 heavy (non-hydrogen) atoms. The van der Waals surface area contributed by atoms with Crippen LogP contribution in [0.5, 0.6) is 0 Å². The molecule has 0 atom stereocenters. The summed E-state index contributed by atoms with van der Waals surface area (Å²) < 4.78 is 13.4. The first-order chi connectivity index (χ1) is 13.2. The van der Waals surface area contributed by atoms with Gasteiger partial charge in [-0.05, 0) is 30.2 Å². The van der Waals surface area contributed by atoms with Gasteiger partial charge in [-0.15, -0.1) is 0 Å². The van der Waals surface area contributed by atoms with Crippen LogP contribution in [0, 0.1) is 5.82 Å². The third kappa shape index (κ3) is 4.01. The van der Waals surface area contributed by atoms with Crippen LogP contribution in [0.25, 0.3) is 10.4 Å². The molecule has 1 amide bonds. The van der Waals surface area contributed by atoms with E-state index in [0.717, 1.165) is 29.5 Å². The van der Waals surface area contributed by atoms with Crippen LogP contribution in [0.4, 0.5) is 9.52 Å². The second-order valence-corrected chi connectivity index (χ2v) is 7.53. The predicted molar refractivity (Wildman–Crippen MR) is 107 cm³/mol. The van der Waals surface area contributed by atoms with Gasteiger partial charge >= 0.3 is 0 Å². The van der Waals surface area contributed by atoms with Gasteiger partial charge in [-0.25, -0.2) is 9.37 Å².